The number of carbonyl (C=O) groups is 1. The number of ether oxygens (including phenoxy) is 1. The third kappa shape index (κ3) is 2.49. The minimum Gasteiger partial charge on any atom is -0.498 e. The second kappa shape index (κ2) is 4.87. The molecule has 0 atom stereocenters. The number of rotatable bonds is 2. The summed E-state index contributed by atoms with van der Waals surface area (Å²) < 4.78 is 4.78. The summed E-state index contributed by atoms with van der Waals surface area (Å²) in [6, 6.07) is 8.50. The minimum absolute atomic E-state index is 0.342. The van der Waals surface area contributed by atoms with Crippen LogP contribution in [0.15, 0.2) is 24.3 Å². The average Bonchev–Trinajstić information content (AvgIpc) is 2.20. The van der Waals surface area contributed by atoms with E-state index in [0.717, 1.165) is 0 Å². The summed E-state index contributed by atoms with van der Waals surface area (Å²) in [6.45, 7) is 2.08. The zero-order valence-electron chi connectivity index (χ0n) is 7.69. The molecule has 4 heteroatoms. The first-order valence-electron chi connectivity index (χ1n) is 4.13. The van der Waals surface area contributed by atoms with Crippen molar-refractivity contribution in [1.29, 1.82) is 0 Å². The molecule has 4 nitrogen and oxygen atoms in total. The van der Waals surface area contributed by atoms with Crippen molar-refractivity contribution < 1.29 is 9.53 Å². The van der Waals surface area contributed by atoms with Crippen LogP contribution in [-0.2, 0) is 4.74 Å². The van der Waals surface area contributed by atoms with Gasteiger partial charge in [0.25, 0.3) is 0 Å². The van der Waals surface area contributed by atoms with Crippen LogP contribution in [0.2, 0.25) is 0 Å². The second-order valence-electron chi connectivity index (χ2n) is 2.50. The summed E-state index contributed by atoms with van der Waals surface area (Å²) in [5.41, 5.74) is 0.983. The Balaban J connectivity index is 2.81. The molecule has 0 spiro atoms. The van der Waals surface area contributed by atoms with Crippen LogP contribution < -0.4 is 0 Å². The van der Waals surface area contributed by atoms with Gasteiger partial charge in [0, 0.05) is 5.01 Å². The van der Waals surface area contributed by atoms with Gasteiger partial charge in [-0.2, -0.15) is 0 Å². The lowest BCUT2D eigenvalue weighted by Gasteiger charge is -1.99. The molecule has 0 aromatic heterocycles. The number of esters is 1. The van der Waals surface area contributed by atoms with Gasteiger partial charge < -0.3 is 9.94 Å². The molecule has 0 aliphatic carbocycles. The van der Waals surface area contributed by atoms with E-state index in [1.807, 2.05) is 0 Å². The summed E-state index contributed by atoms with van der Waals surface area (Å²) in [5, 5.41) is 12.3. The van der Waals surface area contributed by atoms with Crippen LogP contribution in [-0.4, -0.2) is 12.6 Å². The molecule has 0 amide bonds. The van der Waals surface area contributed by atoms with Crippen molar-refractivity contribution >= 4 is 5.97 Å². The maximum Gasteiger partial charge on any atom is 0.338 e. The molecule has 0 bridgehead atoms. The van der Waals surface area contributed by atoms with Crippen molar-refractivity contribution in [3.63, 3.8) is 0 Å². The molecule has 1 aromatic rings. The maximum atomic E-state index is 11.2. The second-order valence-corrected chi connectivity index (χ2v) is 2.50. The van der Waals surface area contributed by atoms with Crippen LogP contribution >= 0.6 is 0 Å². The maximum absolute atomic E-state index is 11.2. The molecule has 0 saturated carbocycles. The van der Waals surface area contributed by atoms with Gasteiger partial charge in [0.05, 0.1) is 12.2 Å². The van der Waals surface area contributed by atoms with Crippen LogP contribution in [0.1, 0.15) is 22.8 Å². The van der Waals surface area contributed by atoms with Crippen LogP contribution in [0.25, 0.3) is 5.01 Å². The van der Waals surface area contributed by atoms with E-state index in [0.29, 0.717) is 17.7 Å². The van der Waals surface area contributed by atoms with E-state index in [1.54, 1.807) is 31.2 Å². The highest BCUT2D eigenvalue weighted by atomic mass is 16.5. The van der Waals surface area contributed by atoms with E-state index in [-0.39, 0.29) is 5.97 Å². The fraction of sp³-hybridized carbons (Fsp3) is 0.200. The van der Waals surface area contributed by atoms with Gasteiger partial charge in [0.1, 0.15) is 5.56 Å². The lowest BCUT2D eigenvalue weighted by molar-refractivity contribution is 0.0526. The standard InChI is InChI=1S/C10H9NO3/c1-2-14-10(12)9-5-3-8(4-6-9)7-11-13/h3-6H,2H2,1H3. The highest BCUT2D eigenvalue weighted by Crippen LogP contribution is 2.05. The van der Waals surface area contributed by atoms with E-state index in [4.69, 9.17) is 4.74 Å². The number of nitrogens with zero attached hydrogens (tertiary/aromatic N) is 1. The van der Waals surface area contributed by atoms with E-state index < -0.39 is 0 Å². The van der Waals surface area contributed by atoms with E-state index in [2.05, 4.69) is 11.1 Å². The van der Waals surface area contributed by atoms with Crippen molar-refractivity contribution in [2.75, 3.05) is 6.61 Å². The first kappa shape index (κ1) is 10.1. The first-order valence-corrected chi connectivity index (χ1v) is 4.13. The largest absolute Gasteiger partial charge is 0.498 e. The van der Waals surface area contributed by atoms with Gasteiger partial charge in [-0.05, 0) is 31.2 Å². The van der Waals surface area contributed by atoms with Gasteiger partial charge in [-0.25, -0.2) is 4.79 Å². The summed E-state index contributed by atoms with van der Waals surface area (Å²) in [5.74, 6) is -0.377. The molecular formula is C10H9NO3. The average molecular weight is 191 g/mol. The number of hydrogen-bond donors (Lipinski definition) is 0. The quantitative estimate of drug-likeness (QED) is 0.531. The molecule has 14 heavy (non-hydrogen) atoms. The SMILES string of the molecule is CCOC(=O)c1ccc(C#[N+][O-])cc1. The molecule has 0 N–H and O–H groups in total. The number of hydrogen-bond acceptors (Lipinski definition) is 3. The van der Waals surface area contributed by atoms with Gasteiger partial charge >= 0.3 is 12.0 Å². The van der Waals surface area contributed by atoms with Crippen molar-refractivity contribution in [3.05, 3.63) is 45.6 Å². The van der Waals surface area contributed by atoms with Gasteiger partial charge in [-0.15, -0.1) is 0 Å². The number of benzene rings is 1. The molecule has 1 rings (SSSR count). The van der Waals surface area contributed by atoms with Crippen LogP contribution in [0.3, 0.4) is 0 Å². The molecule has 0 fully saturated rings. The lowest BCUT2D eigenvalue weighted by atomic mass is 10.1. The van der Waals surface area contributed by atoms with Gasteiger partial charge in [-0.3, -0.25) is 0 Å². The third-order valence-corrected chi connectivity index (χ3v) is 1.57. The molecule has 1 aromatic carbocycles. The van der Waals surface area contributed by atoms with Crippen molar-refractivity contribution in [3.8, 4) is 6.07 Å². The first-order chi connectivity index (χ1) is 6.77. The van der Waals surface area contributed by atoms with Crippen LogP contribution in [0, 0.1) is 11.3 Å². The molecule has 0 aliphatic heterocycles. The van der Waals surface area contributed by atoms with E-state index >= 15 is 0 Å². The predicted octanol–water partition coefficient (Wildman–Crippen LogP) is 2.04. The van der Waals surface area contributed by atoms with Crippen LogP contribution in [0.5, 0.6) is 0 Å². The Labute approximate surface area is 81.5 Å². The Morgan fingerprint density at radius 1 is 1.50 bits per heavy atom. The smallest absolute Gasteiger partial charge is 0.338 e. The van der Waals surface area contributed by atoms with Crippen molar-refractivity contribution in [2.45, 2.75) is 6.92 Å². The monoisotopic (exact) mass is 191 g/mol. The Morgan fingerprint density at radius 2 is 2.14 bits per heavy atom. The molecular weight excluding hydrogens is 182 g/mol. The van der Waals surface area contributed by atoms with Crippen molar-refractivity contribution in [1.82, 2.24) is 0 Å². The minimum atomic E-state index is -0.377. The molecule has 0 saturated heterocycles. The lowest BCUT2D eigenvalue weighted by Crippen LogP contribution is -2.03. The van der Waals surface area contributed by atoms with E-state index in [1.165, 1.54) is 0 Å². The topological polar surface area (TPSA) is 53.7 Å². The third-order valence-electron chi connectivity index (χ3n) is 1.57. The predicted molar refractivity (Wildman–Crippen MR) is 52.1 cm³/mol. The van der Waals surface area contributed by atoms with E-state index in [9.17, 15) is 10.0 Å². The molecule has 0 unspecified atom stereocenters. The summed E-state index contributed by atoms with van der Waals surface area (Å²) >= 11 is 0. The summed E-state index contributed by atoms with van der Waals surface area (Å²) in [4.78, 5) is 11.2. The number of carbonyl (C=O) groups excluding carboxylic acids is 1. The van der Waals surface area contributed by atoms with Crippen molar-refractivity contribution in [2.24, 2.45) is 0 Å². The fourth-order valence-corrected chi connectivity index (χ4v) is 0.948. The normalized spacial score (nSPS) is 8.64. The van der Waals surface area contributed by atoms with Gasteiger partial charge in [0.2, 0.25) is 0 Å². The molecule has 72 valence electrons. The zero-order chi connectivity index (χ0) is 10.4. The van der Waals surface area contributed by atoms with Crippen LogP contribution in [0.4, 0.5) is 0 Å². The van der Waals surface area contributed by atoms with Gasteiger partial charge in [-0.1, -0.05) is 0 Å². The fourth-order valence-electron chi connectivity index (χ4n) is 0.948. The molecule has 0 aliphatic rings. The molecule has 0 heterocycles. The summed E-state index contributed by atoms with van der Waals surface area (Å²) in [7, 11) is 0. The Hall–Kier alpha value is -2.02. The zero-order valence-corrected chi connectivity index (χ0v) is 7.69. The summed E-state index contributed by atoms with van der Waals surface area (Å²) in [6.07, 6.45) is 0. The Morgan fingerprint density at radius 3 is 2.64 bits per heavy atom. The molecule has 0 radical (unpaired) electrons. The highest BCUT2D eigenvalue weighted by molar-refractivity contribution is 5.89. The Kier molecular flexibility index (Phi) is 3.50. The Bertz CT molecular complexity index is 373. The van der Waals surface area contributed by atoms with Gasteiger partial charge in [0.15, 0.2) is 0 Å². The highest BCUT2D eigenvalue weighted by Gasteiger charge is 2.05.